The van der Waals surface area contributed by atoms with Crippen LogP contribution in [0.1, 0.15) is 37.9 Å². The number of hydrogen-bond donors (Lipinski definition) is 0. The lowest BCUT2D eigenvalue weighted by Crippen LogP contribution is -2.39. The Bertz CT molecular complexity index is 1620. The van der Waals surface area contributed by atoms with Crippen molar-refractivity contribution in [2.24, 2.45) is 4.99 Å². The van der Waals surface area contributed by atoms with Gasteiger partial charge in [0.05, 0.1) is 42.2 Å². The molecular formula is C28H28N2O7S. The third-order valence-electron chi connectivity index (χ3n) is 6.16. The first-order valence-corrected chi connectivity index (χ1v) is 13.0. The zero-order valence-electron chi connectivity index (χ0n) is 21.8. The van der Waals surface area contributed by atoms with Crippen molar-refractivity contribution < 1.29 is 28.5 Å². The van der Waals surface area contributed by atoms with E-state index >= 15 is 0 Å². The minimum atomic E-state index is -0.761. The van der Waals surface area contributed by atoms with Crippen LogP contribution < -0.4 is 33.8 Å². The largest absolute Gasteiger partial charge is 0.493 e. The highest BCUT2D eigenvalue weighted by molar-refractivity contribution is 7.07. The minimum Gasteiger partial charge on any atom is -0.493 e. The number of benzene rings is 2. The molecule has 0 aliphatic carbocycles. The van der Waals surface area contributed by atoms with Crippen LogP contribution in [0.3, 0.4) is 0 Å². The molecule has 38 heavy (non-hydrogen) atoms. The number of carbonyl (C=O) groups excluding carboxylic acids is 1. The van der Waals surface area contributed by atoms with Crippen LogP contribution in [0.25, 0.3) is 6.08 Å². The average molecular weight is 537 g/mol. The standard InChI is InChI=1S/C28H28N2O7S/c1-15(2)37-20-9-7-18(14-21(20)33-4)25-24(27(32)34-5)16(3)29-28-30(25)26(31)23(38-28)13-17-6-8-19-22(12-17)36-11-10-35-19/h6-9,12-15,25H,10-11H2,1-5H3/b23-13+/t25-/m1/s1. The van der Waals surface area contributed by atoms with E-state index in [0.29, 0.717) is 56.8 Å². The van der Waals surface area contributed by atoms with Gasteiger partial charge < -0.3 is 23.7 Å². The van der Waals surface area contributed by atoms with Crippen LogP contribution in [0.5, 0.6) is 23.0 Å². The van der Waals surface area contributed by atoms with Crippen molar-refractivity contribution in [2.75, 3.05) is 27.4 Å². The molecule has 0 amide bonds. The molecule has 0 unspecified atom stereocenters. The lowest BCUT2D eigenvalue weighted by Gasteiger charge is -2.25. The van der Waals surface area contributed by atoms with Crippen LogP contribution in [0.4, 0.5) is 0 Å². The zero-order chi connectivity index (χ0) is 27.0. The second-order valence-electron chi connectivity index (χ2n) is 9.05. The Morgan fingerprint density at radius 3 is 2.58 bits per heavy atom. The van der Waals surface area contributed by atoms with E-state index in [2.05, 4.69) is 4.99 Å². The molecule has 1 atom stereocenters. The zero-order valence-corrected chi connectivity index (χ0v) is 22.6. The molecule has 2 aromatic carbocycles. The number of ether oxygens (including phenoxy) is 5. The molecule has 0 saturated carbocycles. The number of esters is 1. The van der Waals surface area contributed by atoms with Crippen molar-refractivity contribution in [3.63, 3.8) is 0 Å². The van der Waals surface area contributed by atoms with Crippen molar-refractivity contribution in [2.45, 2.75) is 32.9 Å². The number of rotatable bonds is 6. The first-order valence-electron chi connectivity index (χ1n) is 12.2. The Hall–Kier alpha value is -4.05. The number of nitrogens with zero attached hydrogens (tertiary/aromatic N) is 2. The molecule has 0 N–H and O–H groups in total. The lowest BCUT2D eigenvalue weighted by atomic mass is 9.95. The quantitative estimate of drug-likeness (QED) is 0.447. The molecular weight excluding hydrogens is 508 g/mol. The molecule has 10 heteroatoms. The van der Waals surface area contributed by atoms with Crippen molar-refractivity contribution in [3.8, 4) is 23.0 Å². The van der Waals surface area contributed by atoms with Gasteiger partial charge >= 0.3 is 5.97 Å². The first kappa shape index (κ1) is 25.6. The number of carbonyl (C=O) groups is 1. The summed E-state index contributed by atoms with van der Waals surface area (Å²) in [6.07, 6.45) is 1.73. The third kappa shape index (κ3) is 4.67. The number of thiazole rings is 1. The van der Waals surface area contributed by atoms with Gasteiger partial charge in [-0.3, -0.25) is 9.36 Å². The summed E-state index contributed by atoms with van der Waals surface area (Å²) in [4.78, 5) is 31.8. The van der Waals surface area contributed by atoms with E-state index in [1.165, 1.54) is 23.0 Å². The van der Waals surface area contributed by atoms with Crippen molar-refractivity contribution >= 4 is 23.4 Å². The molecule has 2 aliphatic rings. The molecule has 0 spiro atoms. The molecule has 1 aromatic heterocycles. The summed E-state index contributed by atoms with van der Waals surface area (Å²) in [6.45, 7) is 6.56. The van der Waals surface area contributed by atoms with Gasteiger partial charge in [0.1, 0.15) is 13.2 Å². The summed E-state index contributed by atoms with van der Waals surface area (Å²) in [5.41, 5.74) is 1.95. The van der Waals surface area contributed by atoms with Crippen LogP contribution in [-0.4, -0.2) is 44.1 Å². The maximum Gasteiger partial charge on any atom is 0.338 e. The average Bonchev–Trinajstić information content (AvgIpc) is 3.21. The predicted octanol–water partition coefficient (Wildman–Crippen LogP) is 2.98. The van der Waals surface area contributed by atoms with E-state index in [1.54, 1.807) is 32.2 Å². The molecule has 198 valence electrons. The van der Waals surface area contributed by atoms with Gasteiger partial charge in [-0.1, -0.05) is 23.5 Å². The van der Waals surface area contributed by atoms with Gasteiger partial charge in [-0.15, -0.1) is 0 Å². The fraction of sp³-hybridized carbons (Fsp3) is 0.321. The van der Waals surface area contributed by atoms with E-state index in [-0.39, 0.29) is 17.2 Å². The van der Waals surface area contributed by atoms with E-state index in [0.717, 1.165) is 5.56 Å². The normalized spacial score (nSPS) is 16.7. The van der Waals surface area contributed by atoms with Gasteiger partial charge in [0.2, 0.25) is 0 Å². The Morgan fingerprint density at radius 1 is 1.11 bits per heavy atom. The van der Waals surface area contributed by atoms with E-state index in [4.69, 9.17) is 23.7 Å². The highest BCUT2D eigenvalue weighted by atomic mass is 32.1. The molecule has 2 aliphatic heterocycles. The van der Waals surface area contributed by atoms with E-state index in [1.807, 2.05) is 38.1 Å². The van der Waals surface area contributed by atoms with Crippen LogP contribution in [0.15, 0.2) is 57.5 Å². The summed E-state index contributed by atoms with van der Waals surface area (Å²) in [7, 11) is 2.86. The van der Waals surface area contributed by atoms with Gasteiger partial charge in [-0.2, -0.15) is 0 Å². The van der Waals surface area contributed by atoms with Crippen LogP contribution in [-0.2, 0) is 9.53 Å². The van der Waals surface area contributed by atoms with Gasteiger partial charge in [0.25, 0.3) is 5.56 Å². The highest BCUT2D eigenvalue weighted by Gasteiger charge is 2.33. The summed E-state index contributed by atoms with van der Waals surface area (Å²) in [5, 5.41) is 0. The van der Waals surface area contributed by atoms with Crippen molar-refractivity contribution in [1.82, 2.24) is 4.57 Å². The summed E-state index contributed by atoms with van der Waals surface area (Å²) in [5.74, 6) is 1.81. The van der Waals surface area contributed by atoms with Crippen LogP contribution in [0, 0.1) is 0 Å². The second-order valence-corrected chi connectivity index (χ2v) is 10.1. The summed E-state index contributed by atoms with van der Waals surface area (Å²) < 4.78 is 29.8. The second kappa shape index (κ2) is 10.4. The van der Waals surface area contributed by atoms with E-state index in [9.17, 15) is 9.59 Å². The topological polar surface area (TPSA) is 97.6 Å². The maximum absolute atomic E-state index is 13.8. The van der Waals surface area contributed by atoms with Gasteiger partial charge in [0.15, 0.2) is 27.8 Å². The highest BCUT2D eigenvalue weighted by Crippen LogP contribution is 2.36. The lowest BCUT2D eigenvalue weighted by molar-refractivity contribution is -0.136. The number of methoxy groups -OCH3 is 2. The predicted molar refractivity (Wildman–Crippen MR) is 142 cm³/mol. The molecule has 5 rings (SSSR count). The molecule has 0 bridgehead atoms. The number of hydrogen-bond acceptors (Lipinski definition) is 9. The number of fused-ring (bicyclic) bond motifs is 2. The third-order valence-corrected chi connectivity index (χ3v) is 7.14. The van der Waals surface area contributed by atoms with Crippen LogP contribution in [0.2, 0.25) is 0 Å². The Balaban J connectivity index is 1.67. The first-order chi connectivity index (χ1) is 18.3. The molecule has 3 heterocycles. The maximum atomic E-state index is 13.8. The minimum absolute atomic E-state index is 0.0549. The fourth-order valence-corrected chi connectivity index (χ4v) is 5.56. The molecule has 9 nitrogen and oxygen atoms in total. The van der Waals surface area contributed by atoms with Crippen LogP contribution >= 0.6 is 11.3 Å². The monoisotopic (exact) mass is 536 g/mol. The molecule has 0 radical (unpaired) electrons. The van der Waals surface area contributed by atoms with Crippen molar-refractivity contribution in [3.05, 3.63) is 78.5 Å². The van der Waals surface area contributed by atoms with Crippen molar-refractivity contribution in [1.29, 1.82) is 0 Å². The molecule has 3 aromatic rings. The Morgan fingerprint density at radius 2 is 1.87 bits per heavy atom. The smallest absolute Gasteiger partial charge is 0.338 e. The summed E-state index contributed by atoms with van der Waals surface area (Å²) >= 11 is 1.25. The van der Waals surface area contributed by atoms with Gasteiger partial charge in [0, 0.05) is 0 Å². The Labute approximate surface area is 223 Å². The Kier molecular flexibility index (Phi) is 6.98. The summed E-state index contributed by atoms with van der Waals surface area (Å²) in [6, 6.07) is 10.2. The van der Waals surface area contributed by atoms with E-state index < -0.39 is 12.0 Å². The van der Waals surface area contributed by atoms with Gasteiger partial charge in [-0.25, -0.2) is 9.79 Å². The number of allylic oxidation sites excluding steroid dienone is 1. The molecule has 0 saturated heterocycles. The SMILES string of the molecule is COC(=O)C1=C(C)N=c2s/c(=C/c3ccc4c(c3)OCCO4)c(=O)n2[C@@H]1c1ccc(OC(C)C)c(OC)c1. The van der Waals surface area contributed by atoms with Gasteiger partial charge in [-0.05, 0) is 62.2 Å². The number of aromatic nitrogens is 1. The fourth-order valence-electron chi connectivity index (χ4n) is 4.51. The molecule has 0 fully saturated rings.